The predicted molar refractivity (Wildman–Crippen MR) is 76.9 cm³/mol. The van der Waals surface area contributed by atoms with Crippen LogP contribution in [0.2, 0.25) is 0 Å². The van der Waals surface area contributed by atoms with Crippen LogP contribution in [0.25, 0.3) is 0 Å². The van der Waals surface area contributed by atoms with Crippen LogP contribution in [0, 0.1) is 5.92 Å². The standard InChI is InChI=1S/C15H19F3OS/c1-10(2)8-12-4-6-13(7-5-12)11(3)14(19)20-9-15(16,17)18/h4-7,10-11H,8-9H2,1-3H3/t11-/m1/s1. The number of benzene rings is 1. The van der Waals surface area contributed by atoms with E-state index in [-0.39, 0.29) is 0 Å². The smallest absolute Gasteiger partial charge is 0.287 e. The SMILES string of the molecule is CC(C)Cc1ccc([C@@H](C)C(=O)SCC(F)(F)F)cc1. The number of carbonyl (C=O) groups excluding carboxylic acids is 1. The highest BCUT2D eigenvalue weighted by molar-refractivity contribution is 8.13. The molecule has 0 spiro atoms. The first-order valence-corrected chi connectivity index (χ1v) is 7.50. The van der Waals surface area contributed by atoms with Crippen molar-refractivity contribution in [1.29, 1.82) is 0 Å². The van der Waals surface area contributed by atoms with E-state index < -0.39 is 23.0 Å². The summed E-state index contributed by atoms with van der Waals surface area (Å²) in [5.41, 5.74) is 1.93. The van der Waals surface area contributed by atoms with Gasteiger partial charge in [0.2, 0.25) is 0 Å². The van der Waals surface area contributed by atoms with Crippen LogP contribution in [0.1, 0.15) is 37.8 Å². The molecule has 1 aromatic carbocycles. The lowest BCUT2D eigenvalue weighted by atomic mass is 9.97. The van der Waals surface area contributed by atoms with E-state index in [0.717, 1.165) is 12.0 Å². The Kier molecular flexibility index (Phi) is 6.11. The molecule has 5 heteroatoms. The number of rotatable bonds is 5. The van der Waals surface area contributed by atoms with Crippen LogP contribution < -0.4 is 0 Å². The number of thioether (sulfide) groups is 1. The Hall–Kier alpha value is -0.970. The second kappa shape index (κ2) is 7.16. The summed E-state index contributed by atoms with van der Waals surface area (Å²) in [5.74, 6) is -1.10. The van der Waals surface area contributed by atoms with Crippen LogP contribution in [0.5, 0.6) is 0 Å². The van der Waals surface area contributed by atoms with Crippen molar-refractivity contribution in [3.8, 4) is 0 Å². The first-order valence-electron chi connectivity index (χ1n) is 6.51. The maximum Gasteiger partial charge on any atom is 0.398 e. The van der Waals surface area contributed by atoms with Crippen molar-refractivity contribution >= 4 is 16.9 Å². The summed E-state index contributed by atoms with van der Waals surface area (Å²) in [6.45, 7) is 5.88. The maximum atomic E-state index is 12.1. The van der Waals surface area contributed by atoms with Crippen molar-refractivity contribution in [1.82, 2.24) is 0 Å². The Labute approximate surface area is 121 Å². The molecular weight excluding hydrogens is 285 g/mol. The van der Waals surface area contributed by atoms with Gasteiger partial charge in [-0.3, -0.25) is 4.79 Å². The fourth-order valence-corrected chi connectivity index (χ4v) is 2.52. The highest BCUT2D eigenvalue weighted by Gasteiger charge is 2.30. The topological polar surface area (TPSA) is 17.1 Å². The molecule has 0 N–H and O–H groups in total. The van der Waals surface area contributed by atoms with Crippen LogP contribution in [-0.2, 0) is 11.2 Å². The molecule has 0 heterocycles. The molecule has 0 unspecified atom stereocenters. The zero-order valence-corrected chi connectivity index (χ0v) is 12.6. The lowest BCUT2D eigenvalue weighted by molar-refractivity contribution is -0.114. The lowest BCUT2D eigenvalue weighted by Crippen LogP contribution is -2.15. The lowest BCUT2D eigenvalue weighted by Gasteiger charge is -2.12. The summed E-state index contributed by atoms with van der Waals surface area (Å²) in [6, 6.07) is 7.53. The Morgan fingerprint density at radius 1 is 1.15 bits per heavy atom. The summed E-state index contributed by atoms with van der Waals surface area (Å²) < 4.78 is 36.2. The van der Waals surface area contributed by atoms with E-state index in [0.29, 0.717) is 17.7 Å². The molecule has 0 aliphatic heterocycles. The van der Waals surface area contributed by atoms with Crippen molar-refractivity contribution < 1.29 is 18.0 Å². The molecule has 1 nitrogen and oxygen atoms in total. The van der Waals surface area contributed by atoms with Gasteiger partial charge in [-0.15, -0.1) is 0 Å². The third-order valence-electron chi connectivity index (χ3n) is 2.86. The average Bonchev–Trinajstić information content (AvgIpc) is 2.34. The fraction of sp³-hybridized carbons (Fsp3) is 0.533. The molecule has 0 saturated carbocycles. The summed E-state index contributed by atoms with van der Waals surface area (Å²) >= 11 is 0.337. The molecule has 112 valence electrons. The average molecular weight is 304 g/mol. The molecule has 0 amide bonds. The molecule has 0 saturated heterocycles. The largest absolute Gasteiger partial charge is 0.398 e. The van der Waals surface area contributed by atoms with Crippen LogP contribution in [0.4, 0.5) is 13.2 Å². The molecule has 1 atom stereocenters. The van der Waals surface area contributed by atoms with E-state index in [4.69, 9.17) is 0 Å². The summed E-state index contributed by atoms with van der Waals surface area (Å²) in [7, 11) is 0. The van der Waals surface area contributed by atoms with Gasteiger partial charge in [-0.05, 0) is 23.5 Å². The van der Waals surface area contributed by atoms with Crippen molar-refractivity contribution in [2.24, 2.45) is 5.92 Å². The first-order chi connectivity index (χ1) is 9.19. The zero-order valence-electron chi connectivity index (χ0n) is 11.8. The fourth-order valence-electron chi connectivity index (χ4n) is 1.83. The second-order valence-corrected chi connectivity index (χ2v) is 6.26. The maximum absolute atomic E-state index is 12.1. The summed E-state index contributed by atoms with van der Waals surface area (Å²) in [6.07, 6.45) is -3.35. The van der Waals surface area contributed by atoms with Gasteiger partial charge in [0, 0.05) is 0 Å². The summed E-state index contributed by atoms with van der Waals surface area (Å²) in [4.78, 5) is 11.7. The zero-order chi connectivity index (χ0) is 15.3. The monoisotopic (exact) mass is 304 g/mol. The Balaban J connectivity index is 2.62. The quantitative estimate of drug-likeness (QED) is 0.776. The predicted octanol–water partition coefficient (Wildman–Crippen LogP) is 4.81. The highest BCUT2D eigenvalue weighted by atomic mass is 32.2. The minimum atomic E-state index is -4.30. The number of alkyl halides is 3. The summed E-state index contributed by atoms with van der Waals surface area (Å²) in [5, 5.41) is -0.445. The normalized spacial score (nSPS) is 13.6. The number of hydrogen-bond donors (Lipinski definition) is 0. The van der Waals surface area contributed by atoms with Crippen molar-refractivity contribution in [3.63, 3.8) is 0 Å². The molecule has 1 aromatic rings. The van der Waals surface area contributed by atoms with Gasteiger partial charge in [0.05, 0.1) is 11.7 Å². The van der Waals surface area contributed by atoms with Crippen molar-refractivity contribution in [2.75, 3.05) is 5.75 Å². The molecule has 1 rings (SSSR count). The number of halogens is 3. The van der Waals surface area contributed by atoms with Gasteiger partial charge in [0.15, 0.2) is 5.12 Å². The molecular formula is C15H19F3OS. The molecule has 0 aromatic heterocycles. The van der Waals surface area contributed by atoms with E-state index in [1.165, 1.54) is 5.56 Å². The highest BCUT2D eigenvalue weighted by Crippen LogP contribution is 2.27. The van der Waals surface area contributed by atoms with E-state index >= 15 is 0 Å². The molecule has 0 bridgehead atoms. The van der Waals surface area contributed by atoms with Crippen LogP contribution in [-0.4, -0.2) is 17.0 Å². The molecule has 0 aliphatic rings. The van der Waals surface area contributed by atoms with E-state index in [1.54, 1.807) is 6.92 Å². The molecule has 20 heavy (non-hydrogen) atoms. The van der Waals surface area contributed by atoms with Crippen LogP contribution >= 0.6 is 11.8 Å². The minimum Gasteiger partial charge on any atom is -0.287 e. The Bertz CT molecular complexity index is 437. The van der Waals surface area contributed by atoms with E-state index in [1.807, 2.05) is 24.3 Å². The van der Waals surface area contributed by atoms with Gasteiger partial charge in [0.1, 0.15) is 0 Å². The van der Waals surface area contributed by atoms with E-state index in [2.05, 4.69) is 13.8 Å². The number of carbonyl (C=O) groups is 1. The Morgan fingerprint density at radius 2 is 1.70 bits per heavy atom. The molecule has 0 aliphatic carbocycles. The first kappa shape index (κ1) is 17.1. The Morgan fingerprint density at radius 3 is 2.15 bits per heavy atom. The molecule has 0 fully saturated rings. The molecule has 0 radical (unpaired) electrons. The van der Waals surface area contributed by atoms with Gasteiger partial charge < -0.3 is 0 Å². The van der Waals surface area contributed by atoms with Crippen molar-refractivity contribution in [3.05, 3.63) is 35.4 Å². The third kappa shape index (κ3) is 5.99. The van der Waals surface area contributed by atoms with Gasteiger partial charge in [-0.2, -0.15) is 13.2 Å². The van der Waals surface area contributed by atoms with Crippen LogP contribution in [0.15, 0.2) is 24.3 Å². The van der Waals surface area contributed by atoms with Crippen molar-refractivity contribution in [2.45, 2.75) is 39.3 Å². The third-order valence-corrected chi connectivity index (χ3v) is 3.97. The van der Waals surface area contributed by atoms with Gasteiger partial charge in [-0.25, -0.2) is 0 Å². The van der Waals surface area contributed by atoms with Gasteiger partial charge >= 0.3 is 6.18 Å². The second-order valence-electron chi connectivity index (χ2n) is 5.28. The van der Waals surface area contributed by atoms with E-state index in [9.17, 15) is 18.0 Å². The van der Waals surface area contributed by atoms with Crippen LogP contribution in [0.3, 0.4) is 0 Å². The number of hydrogen-bond acceptors (Lipinski definition) is 2. The minimum absolute atomic E-state index is 0.337. The van der Waals surface area contributed by atoms with Gasteiger partial charge in [-0.1, -0.05) is 56.8 Å². The van der Waals surface area contributed by atoms with Gasteiger partial charge in [0.25, 0.3) is 0 Å².